The number of piperidine rings is 1. The highest BCUT2D eigenvalue weighted by Gasteiger charge is 2.27. The number of hydrogen-bond acceptors (Lipinski definition) is 7. The van der Waals surface area contributed by atoms with Crippen molar-refractivity contribution in [1.82, 2.24) is 4.90 Å². The number of benzene rings is 2. The molecule has 1 heterocycles. The van der Waals surface area contributed by atoms with Crippen LogP contribution in [0.15, 0.2) is 53.0 Å². The molecule has 12 heteroatoms. The van der Waals surface area contributed by atoms with E-state index in [2.05, 4.69) is 15.9 Å². The molecule has 0 amide bonds. The van der Waals surface area contributed by atoms with Gasteiger partial charge in [-0.3, -0.25) is 19.9 Å². The van der Waals surface area contributed by atoms with E-state index >= 15 is 0 Å². The maximum absolute atomic E-state index is 13.3. The minimum atomic E-state index is -4.08. The van der Waals surface area contributed by atoms with Crippen LogP contribution in [0.4, 0.5) is 5.69 Å². The molecular weight excluding hydrogens is 586 g/mol. The van der Waals surface area contributed by atoms with E-state index in [0.29, 0.717) is 27.3 Å². The summed E-state index contributed by atoms with van der Waals surface area (Å²) in [5.74, 6) is -0.556. The van der Waals surface area contributed by atoms with Gasteiger partial charge >= 0.3 is 5.97 Å². The predicted molar refractivity (Wildman–Crippen MR) is 157 cm³/mol. The molecule has 0 aromatic heterocycles. The SMILES string of the molecule is CCOC(=O)CS(=O)(=O)N(CC=Cc1cccc(C(=N)N)c1)c1ccc(OC2CCN(C(C)=N)CC2)c(Br)c1. The third-order valence-corrected chi connectivity index (χ3v) is 8.39. The summed E-state index contributed by atoms with van der Waals surface area (Å²) in [5.41, 5.74) is 7.23. The number of nitrogens with zero attached hydrogens (tertiary/aromatic N) is 2. The van der Waals surface area contributed by atoms with E-state index in [1.165, 1.54) is 0 Å². The Hall–Kier alpha value is -3.38. The maximum Gasteiger partial charge on any atom is 0.323 e. The van der Waals surface area contributed by atoms with Crippen molar-refractivity contribution >= 4 is 55.4 Å². The van der Waals surface area contributed by atoms with Gasteiger partial charge in [0.05, 0.1) is 29.1 Å². The summed E-state index contributed by atoms with van der Waals surface area (Å²) in [7, 11) is -4.08. The number of anilines is 1. The van der Waals surface area contributed by atoms with Crippen LogP contribution in [0.5, 0.6) is 5.75 Å². The van der Waals surface area contributed by atoms with Gasteiger partial charge in [0.15, 0.2) is 5.75 Å². The van der Waals surface area contributed by atoms with Crippen molar-refractivity contribution in [1.29, 1.82) is 10.8 Å². The normalized spacial score (nSPS) is 14.3. The summed E-state index contributed by atoms with van der Waals surface area (Å²) in [6.07, 6.45) is 4.94. The lowest BCUT2D eigenvalue weighted by molar-refractivity contribution is -0.139. The fraction of sp³-hybridized carbons (Fsp3) is 0.370. The molecule has 0 atom stereocenters. The molecule has 0 radical (unpaired) electrons. The second kappa shape index (κ2) is 13.6. The van der Waals surface area contributed by atoms with Gasteiger partial charge in [-0.05, 0) is 59.6 Å². The quantitative estimate of drug-likeness (QED) is 0.195. The van der Waals surface area contributed by atoms with Crippen LogP contribution in [-0.2, 0) is 19.6 Å². The summed E-state index contributed by atoms with van der Waals surface area (Å²) in [5, 5.41) is 15.4. The van der Waals surface area contributed by atoms with Crippen LogP contribution in [-0.4, -0.2) is 69.1 Å². The molecule has 4 N–H and O–H groups in total. The Morgan fingerprint density at radius 3 is 2.54 bits per heavy atom. The van der Waals surface area contributed by atoms with E-state index in [1.807, 2.05) is 11.0 Å². The molecular formula is C27H34BrN5O5S. The van der Waals surface area contributed by atoms with Crippen LogP contribution in [0.1, 0.15) is 37.8 Å². The Morgan fingerprint density at radius 2 is 1.92 bits per heavy atom. The number of nitrogens with two attached hydrogens (primary N) is 1. The third kappa shape index (κ3) is 8.56. The highest BCUT2D eigenvalue weighted by atomic mass is 79.9. The average molecular weight is 621 g/mol. The van der Waals surface area contributed by atoms with E-state index in [9.17, 15) is 13.2 Å². The van der Waals surface area contributed by atoms with Crippen molar-refractivity contribution in [2.45, 2.75) is 32.8 Å². The average Bonchev–Trinajstić information content (AvgIpc) is 2.88. The summed E-state index contributed by atoms with van der Waals surface area (Å²) in [6, 6.07) is 12.0. The fourth-order valence-corrected chi connectivity index (χ4v) is 5.88. The molecule has 0 spiro atoms. The highest BCUT2D eigenvalue weighted by Crippen LogP contribution is 2.33. The van der Waals surface area contributed by atoms with Gasteiger partial charge in [0.25, 0.3) is 0 Å². The topological polar surface area (TPSA) is 150 Å². The third-order valence-electron chi connectivity index (χ3n) is 6.13. The van der Waals surface area contributed by atoms with Crippen molar-refractivity contribution < 1.29 is 22.7 Å². The molecule has 0 bridgehead atoms. The Balaban J connectivity index is 1.82. The summed E-state index contributed by atoms with van der Waals surface area (Å²) in [4.78, 5) is 14.1. The monoisotopic (exact) mass is 619 g/mol. The maximum atomic E-state index is 13.3. The number of amidine groups is 2. The molecule has 1 saturated heterocycles. The van der Waals surface area contributed by atoms with Gasteiger partial charge < -0.3 is 20.1 Å². The van der Waals surface area contributed by atoms with E-state index in [1.54, 1.807) is 62.4 Å². The lowest BCUT2D eigenvalue weighted by Crippen LogP contribution is -2.40. The van der Waals surface area contributed by atoms with Crippen molar-refractivity contribution in [2.75, 3.05) is 36.3 Å². The molecule has 1 fully saturated rings. The largest absolute Gasteiger partial charge is 0.489 e. The number of hydrogen-bond donors (Lipinski definition) is 3. The van der Waals surface area contributed by atoms with Crippen LogP contribution in [0.25, 0.3) is 6.08 Å². The zero-order valence-electron chi connectivity index (χ0n) is 22.0. The second-order valence-corrected chi connectivity index (χ2v) is 11.8. The Kier molecular flexibility index (Phi) is 10.5. The fourth-order valence-electron chi connectivity index (χ4n) is 4.13. The lowest BCUT2D eigenvalue weighted by atomic mass is 10.1. The Bertz CT molecular complexity index is 1340. The van der Waals surface area contributed by atoms with E-state index in [4.69, 9.17) is 26.0 Å². The van der Waals surface area contributed by atoms with Gasteiger partial charge in [0, 0.05) is 31.5 Å². The van der Waals surface area contributed by atoms with Gasteiger partial charge in [-0.1, -0.05) is 30.4 Å². The number of nitrogen functional groups attached to an aromatic ring is 1. The predicted octanol–water partition coefficient (Wildman–Crippen LogP) is 3.99. The van der Waals surface area contributed by atoms with Crippen LogP contribution in [0.2, 0.25) is 0 Å². The summed E-state index contributed by atoms with van der Waals surface area (Å²) < 4.78 is 39.3. The first-order chi connectivity index (χ1) is 18.5. The zero-order valence-corrected chi connectivity index (χ0v) is 24.4. The highest BCUT2D eigenvalue weighted by molar-refractivity contribution is 9.10. The van der Waals surface area contributed by atoms with Gasteiger partial charge in [0.2, 0.25) is 10.0 Å². The summed E-state index contributed by atoms with van der Waals surface area (Å²) >= 11 is 3.51. The van der Waals surface area contributed by atoms with Gasteiger partial charge in [0.1, 0.15) is 17.7 Å². The number of sulfonamides is 1. The van der Waals surface area contributed by atoms with Gasteiger partial charge in [-0.15, -0.1) is 0 Å². The van der Waals surface area contributed by atoms with Crippen molar-refractivity contribution in [3.63, 3.8) is 0 Å². The first-order valence-electron chi connectivity index (χ1n) is 12.5. The molecule has 2 aromatic carbocycles. The molecule has 0 saturated carbocycles. The van der Waals surface area contributed by atoms with Crippen LogP contribution in [0.3, 0.4) is 0 Å². The minimum Gasteiger partial charge on any atom is -0.489 e. The van der Waals surface area contributed by atoms with Crippen molar-refractivity contribution in [3.8, 4) is 5.75 Å². The molecule has 210 valence electrons. The number of nitrogens with one attached hydrogen (secondary N) is 2. The zero-order chi connectivity index (χ0) is 28.6. The number of carbonyl (C=O) groups is 1. The van der Waals surface area contributed by atoms with E-state index in [0.717, 1.165) is 35.8 Å². The van der Waals surface area contributed by atoms with E-state index in [-0.39, 0.29) is 25.1 Å². The molecule has 0 unspecified atom stereocenters. The molecule has 39 heavy (non-hydrogen) atoms. The van der Waals surface area contributed by atoms with Crippen LogP contribution in [0, 0.1) is 10.8 Å². The number of halogens is 1. The summed E-state index contributed by atoms with van der Waals surface area (Å²) in [6.45, 7) is 4.92. The van der Waals surface area contributed by atoms with Crippen LogP contribution >= 0.6 is 15.9 Å². The van der Waals surface area contributed by atoms with Gasteiger partial charge in [-0.25, -0.2) is 8.42 Å². The lowest BCUT2D eigenvalue weighted by Gasteiger charge is -2.33. The first kappa shape index (κ1) is 30.2. The molecule has 1 aliphatic rings. The molecule has 10 nitrogen and oxygen atoms in total. The molecule has 3 rings (SSSR count). The second-order valence-electron chi connectivity index (χ2n) is 9.04. The number of carbonyl (C=O) groups excluding carboxylic acids is 1. The number of esters is 1. The molecule has 1 aliphatic heterocycles. The number of likely N-dealkylation sites (tertiary alicyclic amines) is 1. The van der Waals surface area contributed by atoms with Crippen molar-refractivity contribution in [3.05, 3.63) is 64.1 Å². The number of rotatable bonds is 11. The van der Waals surface area contributed by atoms with Crippen LogP contribution < -0.4 is 14.8 Å². The Morgan fingerprint density at radius 1 is 1.21 bits per heavy atom. The molecule has 2 aromatic rings. The minimum absolute atomic E-state index is 0.0138. The first-order valence-corrected chi connectivity index (χ1v) is 14.9. The van der Waals surface area contributed by atoms with Crippen molar-refractivity contribution in [2.24, 2.45) is 5.73 Å². The smallest absolute Gasteiger partial charge is 0.323 e. The van der Waals surface area contributed by atoms with E-state index < -0.39 is 21.7 Å². The Labute approximate surface area is 238 Å². The molecule has 0 aliphatic carbocycles. The standard InChI is InChI=1S/C27H34BrN5O5S/c1-3-37-26(34)18-39(35,36)33(13-5-7-20-6-4-8-21(16-20)27(30)31)22-9-10-25(24(28)17-22)38-23-11-14-32(15-12-23)19(2)29/h4-10,16-17,23,29H,3,11-15,18H2,1-2H3,(H3,30,31). The van der Waals surface area contributed by atoms with Gasteiger partial charge in [-0.2, -0.15) is 0 Å². The number of ether oxygens (including phenoxy) is 2.